The van der Waals surface area contributed by atoms with E-state index in [1.807, 2.05) is 25.7 Å². The van der Waals surface area contributed by atoms with E-state index in [0.717, 1.165) is 32.4 Å². The quantitative estimate of drug-likeness (QED) is 0.798. The molecule has 0 unspecified atom stereocenters. The first-order valence-electron chi connectivity index (χ1n) is 7.38. The van der Waals surface area contributed by atoms with E-state index in [9.17, 15) is 9.59 Å². The second-order valence-electron chi connectivity index (χ2n) is 6.53. The maximum absolute atomic E-state index is 11.9. The second-order valence-corrected chi connectivity index (χ2v) is 6.53. The number of hydrogen-bond acceptors (Lipinski definition) is 3. The van der Waals surface area contributed by atoms with Crippen molar-refractivity contribution in [2.24, 2.45) is 0 Å². The van der Waals surface area contributed by atoms with Crippen LogP contribution in [0.3, 0.4) is 0 Å². The minimum absolute atomic E-state index is 0.0342. The lowest BCUT2D eigenvalue weighted by atomic mass is 10.1. The van der Waals surface area contributed by atoms with Gasteiger partial charge >= 0.3 is 12.1 Å². The summed E-state index contributed by atoms with van der Waals surface area (Å²) >= 11 is 0. The predicted octanol–water partition coefficient (Wildman–Crippen LogP) is 1.80. The first kappa shape index (κ1) is 14.9. The molecule has 6 heteroatoms. The van der Waals surface area contributed by atoms with Crippen LogP contribution in [0.15, 0.2) is 0 Å². The molecule has 6 nitrogen and oxygen atoms in total. The van der Waals surface area contributed by atoms with E-state index in [1.54, 1.807) is 4.90 Å². The summed E-state index contributed by atoms with van der Waals surface area (Å²) < 4.78 is 5.35. The fraction of sp³-hybridized carbons (Fsp3) is 0.857. The Labute approximate surface area is 120 Å². The number of carbonyl (C=O) groups excluding carboxylic acids is 2. The van der Waals surface area contributed by atoms with E-state index in [1.165, 1.54) is 0 Å². The second kappa shape index (κ2) is 5.89. The summed E-state index contributed by atoms with van der Waals surface area (Å²) in [5.41, 5.74) is -0.459. The zero-order chi connectivity index (χ0) is 14.8. The zero-order valence-corrected chi connectivity index (χ0v) is 12.6. The van der Waals surface area contributed by atoms with E-state index in [4.69, 9.17) is 4.74 Å². The molecular weight excluding hydrogens is 258 g/mol. The molecule has 0 aromatic carbocycles. The van der Waals surface area contributed by atoms with Crippen LogP contribution in [0, 0.1) is 0 Å². The molecule has 0 spiro atoms. The number of nitrogens with zero attached hydrogens (tertiary/aromatic N) is 2. The van der Waals surface area contributed by atoms with Crippen LogP contribution in [0.2, 0.25) is 0 Å². The number of hydrogen-bond donors (Lipinski definition) is 1. The largest absolute Gasteiger partial charge is 0.444 e. The van der Waals surface area contributed by atoms with Crippen molar-refractivity contribution < 1.29 is 14.3 Å². The van der Waals surface area contributed by atoms with Crippen molar-refractivity contribution in [1.82, 2.24) is 15.1 Å². The van der Waals surface area contributed by atoms with E-state index in [2.05, 4.69) is 5.32 Å². The van der Waals surface area contributed by atoms with Crippen molar-refractivity contribution in [2.75, 3.05) is 26.2 Å². The Kier molecular flexibility index (Phi) is 4.40. The molecule has 0 atom stereocenters. The van der Waals surface area contributed by atoms with Crippen molar-refractivity contribution in [3.8, 4) is 0 Å². The van der Waals surface area contributed by atoms with Gasteiger partial charge in [-0.2, -0.15) is 0 Å². The predicted molar refractivity (Wildman–Crippen MR) is 75.6 cm³/mol. The van der Waals surface area contributed by atoms with Gasteiger partial charge in [0.05, 0.1) is 0 Å². The molecule has 1 N–H and O–H groups in total. The number of nitrogens with one attached hydrogen (secondary N) is 1. The molecule has 0 radical (unpaired) electrons. The number of amides is 3. The summed E-state index contributed by atoms with van der Waals surface area (Å²) in [4.78, 5) is 27.3. The summed E-state index contributed by atoms with van der Waals surface area (Å²) in [6.45, 7) is 8.60. The molecule has 2 fully saturated rings. The number of rotatable bonds is 1. The standard InChI is InChI=1S/C14H25N3O3/c1-14(2,3)20-13(19)17-9-5-11(6-10-17)15-12(18)16-7-4-8-16/h11H,4-10H2,1-3H3,(H,15,18). The van der Waals surface area contributed by atoms with Gasteiger partial charge in [0.25, 0.3) is 0 Å². The molecule has 114 valence electrons. The molecular formula is C14H25N3O3. The van der Waals surface area contributed by atoms with Gasteiger partial charge in [0.2, 0.25) is 0 Å². The summed E-state index contributed by atoms with van der Waals surface area (Å²) in [7, 11) is 0. The van der Waals surface area contributed by atoms with Gasteiger partial charge in [-0.3, -0.25) is 0 Å². The maximum atomic E-state index is 11.9. The number of urea groups is 1. The van der Waals surface area contributed by atoms with Gasteiger partial charge in [0, 0.05) is 32.2 Å². The summed E-state index contributed by atoms with van der Waals surface area (Å²) in [5.74, 6) is 0. The third kappa shape index (κ3) is 4.02. The lowest BCUT2D eigenvalue weighted by Crippen LogP contribution is -2.53. The first-order valence-corrected chi connectivity index (χ1v) is 7.38. The van der Waals surface area contributed by atoms with Crippen LogP contribution in [0.5, 0.6) is 0 Å². The van der Waals surface area contributed by atoms with E-state index in [-0.39, 0.29) is 18.2 Å². The number of carbonyl (C=O) groups is 2. The van der Waals surface area contributed by atoms with Gasteiger partial charge in [0.15, 0.2) is 0 Å². The van der Waals surface area contributed by atoms with Crippen LogP contribution in [0.4, 0.5) is 9.59 Å². The minimum Gasteiger partial charge on any atom is -0.444 e. The molecule has 0 aromatic heterocycles. The molecule has 2 aliphatic heterocycles. The third-order valence-electron chi connectivity index (χ3n) is 3.62. The van der Waals surface area contributed by atoms with Crippen molar-refractivity contribution in [1.29, 1.82) is 0 Å². The Balaban J connectivity index is 1.71. The molecule has 0 aliphatic carbocycles. The van der Waals surface area contributed by atoms with Crippen LogP contribution in [0.25, 0.3) is 0 Å². The lowest BCUT2D eigenvalue weighted by molar-refractivity contribution is 0.0200. The van der Waals surface area contributed by atoms with E-state index < -0.39 is 5.60 Å². The van der Waals surface area contributed by atoms with Crippen LogP contribution in [-0.2, 0) is 4.74 Å². The highest BCUT2D eigenvalue weighted by molar-refractivity contribution is 5.75. The Morgan fingerprint density at radius 3 is 2.10 bits per heavy atom. The first-order chi connectivity index (χ1) is 9.35. The van der Waals surface area contributed by atoms with Gasteiger partial charge in [-0.25, -0.2) is 9.59 Å². The highest BCUT2D eigenvalue weighted by Crippen LogP contribution is 2.16. The number of ether oxygens (including phenoxy) is 1. The lowest BCUT2D eigenvalue weighted by Gasteiger charge is -2.36. The molecule has 0 saturated carbocycles. The molecule has 0 bridgehead atoms. The molecule has 3 amide bonds. The Morgan fingerprint density at radius 1 is 1.05 bits per heavy atom. The van der Waals surface area contributed by atoms with Gasteiger partial charge in [-0.05, 0) is 40.0 Å². The summed E-state index contributed by atoms with van der Waals surface area (Å²) in [6.07, 6.45) is 2.42. The Bertz CT molecular complexity index is 366. The van der Waals surface area contributed by atoms with Crippen LogP contribution in [-0.4, -0.2) is 59.7 Å². The third-order valence-corrected chi connectivity index (χ3v) is 3.62. The Hall–Kier alpha value is -1.46. The number of piperidine rings is 1. The maximum Gasteiger partial charge on any atom is 0.410 e. The average molecular weight is 283 g/mol. The van der Waals surface area contributed by atoms with Crippen molar-refractivity contribution >= 4 is 12.1 Å². The van der Waals surface area contributed by atoms with E-state index >= 15 is 0 Å². The molecule has 20 heavy (non-hydrogen) atoms. The number of likely N-dealkylation sites (tertiary alicyclic amines) is 2. The molecule has 2 rings (SSSR count). The topological polar surface area (TPSA) is 61.9 Å². The smallest absolute Gasteiger partial charge is 0.410 e. The van der Waals surface area contributed by atoms with Crippen molar-refractivity contribution in [3.63, 3.8) is 0 Å². The SMILES string of the molecule is CC(C)(C)OC(=O)N1CCC(NC(=O)N2CCC2)CC1. The van der Waals surface area contributed by atoms with E-state index in [0.29, 0.717) is 13.1 Å². The Morgan fingerprint density at radius 2 is 1.65 bits per heavy atom. The molecule has 2 saturated heterocycles. The summed E-state index contributed by atoms with van der Waals surface area (Å²) in [5, 5.41) is 3.04. The van der Waals surface area contributed by atoms with Crippen LogP contribution in [0.1, 0.15) is 40.0 Å². The van der Waals surface area contributed by atoms with Gasteiger partial charge < -0.3 is 19.9 Å². The molecule has 0 aromatic rings. The minimum atomic E-state index is -0.459. The van der Waals surface area contributed by atoms with Gasteiger partial charge in [0.1, 0.15) is 5.60 Å². The zero-order valence-electron chi connectivity index (χ0n) is 12.6. The fourth-order valence-corrected chi connectivity index (χ4v) is 2.32. The fourth-order valence-electron chi connectivity index (χ4n) is 2.32. The van der Waals surface area contributed by atoms with Gasteiger partial charge in [-0.15, -0.1) is 0 Å². The monoisotopic (exact) mass is 283 g/mol. The van der Waals surface area contributed by atoms with Crippen LogP contribution < -0.4 is 5.32 Å². The highest BCUT2D eigenvalue weighted by Gasteiger charge is 2.29. The molecule has 2 aliphatic rings. The van der Waals surface area contributed by atoms with Crippen molar-refractivity contribution in [2.45, 2.75) is 51.7 Å². The van der Waals surface area contributed by atoms with Crippen molar-refractivity contribution in [3.05, 3.63) is 0 Å². The highest BCUT2D eigenvalue weighted by atomic mass is 16.6. The van der Waals surface area contributed by atoms with Gasteiger partial charge in [-0.1, -0.05) is 0 Å². The average Bonchev–Trinajstić information content (AvgIpc) is 2.24. The normalized spacial score (nSPS) is 20.4. The summed E-state index contributed by atoms with van der Waals surface area (Å²) in [6, 6.07) is 0.203. The molecule has 2 heterocycles. The van der Waals surface area contributed by atoms with Crippen LogP contribution >= 0.6 is 0 Å².